The van der Waals surface area contributed by atoms with Crippen molar-refractivity contribution in [3.63, 3.8) is 0 Å². The molecule has 0 heterocycles. The highest BCUT2D eigenvalue weighted by Crippen LogP contribution is 2.37. The summed E-state index contributed by atoms with van der Waals surface area (Å²) in [6.45, 7) is 4.77. The molecule has 0 aromatic heterocycles. The fourth-order valence-corrected chi connectivity index (χ4v) is 1.89. The first-order valence-corrected chi connectivity index (χ1v) is 6.20. The third kappa shape index (κ3) is 4.24. The van der Waals surface area contributed by atoms with Crippen molar-refractivity contribution >= 4 is 12.0 Å². The molecule has 1 aliphatic carbocycles. The maximum Gasteiger partial charge on any atom is 0.326 e. The van der Waals surface area contributed by atoms with Gasteiger partial charge in [0.2, 0.25) is 0 Å². The van der Waals surface area contributed by atoms with Crippen LogP contribution in [0.5, 0.6) is 0 Å². The van der Waals surface area contributed by atoms with Crippen LogP contribution in [0.4, 0.5) is 4.79 Å². The maximum atomic E-state index is 11.8. The smallest absolute Gasteiger partial charge is 0.326 e. The van der Waals surface area contributed by atoms with E-state index in [-0.39, 0.29) is 6.03 Å². The van der Waals surface area contributed by atoms with E-state index in [1.165, 1.54) is 0 Å². The zero-order valence-electron chi connectivity index (χ0n) is 10.8. The van der Waals surface area contributed by atoms with E-state index in [1.54, 1.807) is 11.9 Å². The molecule has 3 atom stereocenters. The number of urea groups is 1. The number of hydrogen-bond acceptors (Lipinski definition) is 2. The zero-order chi connectivity index (χ0) is 13.0. The SMILES string of the molecule is CCC[C@@H](NC(=O)N(C)CC1CC1C)C(=O)O. The minimum Gasteiger partial charge on any atom is -0.480 e. The molecule has 1 saturated carbocycles. The van der Waals surface area contributed by atoms with Crippen LogP contribution in [0.1, 0.15) is 33.1 Å². The van der Waals surface area contributed by atoms with Crippen LogP contribution in [0.15, 0.2) is 0 Å². The van der Waals surface area contributed by atoms with Crippen molar-refractivity contribution < 1.29 is 14.7 Å². The second kappa shape index (κ2) is 5.89. The molecule has 1 rings (SSSR count). The fraction of sp³-hybridized carbons (Fsp3) is 0.833. The van der Waals surface area contributed by atoms with Gasteiger partial charge in [0, 0.05) is 13.6 Å². The number of amides is 2. The van der Waals surface area contributed by atoms with Crippen molar-refractivity contribution in [2.45, 2.75) is 39.2 Å². The highest BCUT2D eigenvalue weighted by molar-refractivity contribution is 5.82. The second-order valence-electron chi connectivity index (χ2n) is 4.98. The Labute approximate surface area is 102 Å². The maximum absolute atomic E-state index is 11.8. The largest absolute Gasteiger partial charge is 0.480 e. The lowest BCUT2D eigenvalue weighted by Crippen LogP contribution is -2.47. The molecule has 1 fully saturated rings. The first-order valence-electron chi connectivity index (χ1n) is 6.20. The Morgan fingerprint density at radius 3 is 2.53 bits per heavy atom. The number of carbonyl (C=O) groups is 2. The van der Waals surface area contributed by atoms with Gasteiger partial charge in [0.15, 0.2) is 0 Å². The van der Waals surface area contributed by atoms with Crippen molar-refractivity contribution in [2.24, 2.45) is 11.8 Å². The third-order valence-electron chi connectivity index (χ3n) is 3.30. The molecule has 98 valence electrons. The monoisotopic (exact) mass is 242 g/mol. The molecule has 0 bridgehead atoms. The number of nitrogens with one attached hydrogen (secondary N) is 1. The fourth-order valence-electron chi connectivity index (χ4n) is 1.89. The van der Waals surface area contributed by atoms with E-state index in [0.29, 0.717) is 24.8 Å². The number of nitrogens with zero attached hydrogens (tertiary/aromatic N) is 1. The van der Waals surface area contributed by atoms with Gasteiger partial charge >= 0.3 is 12.0 Å². The molecule has 1 aliphatic rings. The average Bonchev–Trinajstić information content (AvgIpc) is 2.93. The summed E-state index contributed by atoms with van der Waals surface area (Å²) in [5.74, 6) is 0.310. The van der Waals surface area contributed by atoms with Crippen LogP contribution in [-0.2, 0) is 4.79 Å². The van der Waals surface area contributed by atoms with Crippen LogP contribution < -0.4 is 5.32 Å². The average molecular weight is 242 g/mol. The van der Waals surface area contributed by atoms with Crippen LogP contribution in [0.3, 0.4) is 0 Å². The molecule has 0 aromatic rings. The topological polar surface area (TPSA) is 69.6 Å². The summed E-state index contributed by atoms with van der Waals surface area (Å²) in [5.41, 5.74) is 0. The van der Waals surface area contributed by atoms with Crippen LogP contribution in [0.2, 0.25) is 0 Å². The lowest BCUT2D eigenvalue weighted by Gasteiger charge is -2.21. The van der Waals surface area contributed by atoms with Gasteiger partial charge in [0.05, 0.1) is 0 Å². The van der Waals surface area contributed by atoms with Crippen molar-refractivity contribution in [2.75, 3.05) is 13.6 Å². The quantitative estimate of drug-likeness (QED) is 0.742. The highest BCUT2D eigenvalue weighted by Gasteiger charge is 2.34. The van der Waals surface area contributed by atoms with E-state index in [4.69, 9.17) is 5.11 Å². The first-order chi connectivity index (χ1) is 7.95. The summed E-state index contributed by atoms with van der Waals surface area (Å²) in [6, 6.07) is -1.06. The molecular weight excluding hydrogens is 220 g/mol. The van der Waals surface area contributed by atoms with Gasteiger partial charge in [-0.1, -0.05) is 20.3 Å². The Balaban J connectivity index is 2.37. The van der Waals surface area contributed by atoms with Gasteiger partial charge < -0.3 is 15.3 Å². The molecule has 5 nitrogen and oxygen atoms in total. The standard InChI is InChI=1S/C12H22N2O3/c1-4-5-10(11(15)16)13-12(17)14(3)7-9-6-8(9)2/h8-10H,4-7H2,1-3H3,(H,13,17)(H,15,16)/t8?,9?,10-/m1/s1. The van der Waals surface area contributed by atoms with Crippen molar-refractivity contribution in [3.05, 3.63) is 0 Å². The minimum absolute atomic E-state index is 0.287. The highest BCUT2D eigenvalue weighted by atomic mass is 16.4. The molecule has 0 spiro atoms. The molecule has 0 aliphatic heterocycles. The second-order valence-corrected chi connectivity index (χ2v) is 4.98. The van der Waals surface area contributed by atoms with Crippen molar-refractivity contribution in [3.8, 4) is 0 Å². The number of hydrogen-bond donors (Lipinski definition) is 2. The van der Waals surface area contributed by atoms with Gasteiger partial charge in [-0.3, -0.25) is 0 Å². The van der Waals surface area contributed by atoms with Crippen molar-refractivity contribution in [1.29, 1.82) is 0 Å². The summed E-state index contributed by atoms with van der Waals surface area (Å²) in [4.78, 5) is 24.2. The van der Waals surface area contributed by atoms with Gasteiger partial charge in [-0.25, -0.2) is 9.59 Å². The molecular formula is C12H22N2O3. The molecule has 0 aromatic carbocycles. The lowest BCUT2D eigenvalue weighted by molar-refractivity contribution is -0.139. The molecule has 2 amide bonds. The Kier molecular flexibility index (Phi) is 4.78. The van der Waals surface area contributed by atoms with Crippen LogP contribution >= 0.6 is 0 Å². The van der Waals surface area contributed by atoms with Crippen LogP contribution in [0.25, 0.3) is 0 Å². The van der Waals surface area contributed by atoms with Gasteiger partial charge in [-0.2, -0.15) is 0 Å². The van der Waals surface area contributed by atoms with Crippen LogP contribution in [-0.4, -0.2) is 41.6 Å². The van der Waals surface area contributed by atoms with E-state index in [9.17, 15) is 9.59 Å². The zero-order valence-corrected chi connectivity index (χ0v) is 10.8. The minimum atomic E-state index is -0.964. The van der Waals surface area contributed by atoms with E-state index in [0.717, 1.165) is 12.8 Å². The molecule has 2 N–H and O–H groups in total. The summed E-state index contributed by atoms with van der Waals surface area (Å²) >= 11 is 0. The van der Waals surface area contributed by atoms with Gasteiger partial charge in [-0.15, -0.1) is 0 Å². The number of aliphatic carboxylic acids is 1. The van der Waals surface area contributed by atoms with Crippen LogP contribution in [0, 0.1) is 11.8 Å². The molecule has 17 heavy (non-hydrogen) atoms. The Bertz CT molecular complexity index is 293. The first kappa shape index (κ1) is 13.8. The Morgan fingerprint density at radius 1 is 1.53 bits per heavy atom. The number of rotatable bonds is 6. The van der Waals surface area contributed by atoms with E-state index in [2.05, 4.69) is 12.2 Å². The normalized spacial score (nSPS) is 23.9. The molecule has 0 radical (unpaired) electrons. The summed E-state index contributed by atoms with van der Waals surface area (Å²) in [5, 5.41) is 11.5. The number of carbonyl (C=O) groups excluding carboxylic acids is 1. The van der Waals surface area contributed by atoms with E-state index < -0.39 is 12.0 Å². The number of carboxylic acid groups (broad SMARTS) is 1. The predicted molar refractivity (Wildman–Crippen MR) is 64.8 cm³/mol. The summed E-state index contributed by atoms with van der Waals surface area (Å²) < 4.78 is 0. The summed E-state index contributed by atoms with van der Waals surface area (Å²) in [7, 11) is 1.71. The van der Waals surface area contributed by atoms with Gasteiger partial charge in [0.1, 0.15) is 6.04 Å². The van der Waals surface area contributed by atoms with Crippen molar-refractivity contribution in [1.82, 2.24) is 10.2 Å². The molecule has 0 saturated heterocycles. The van der Waals surface area contributed by atoms with E-state index in [1.807, 2.05) is 6.92 Å². The van der Waals surface area contributed by atoms with Gasteiger partial charge in [0.25, 0.3) is 0 Å². The van der Waals surface area contributed by atoms with E-state index >= 15 is 0 Å². The molecule has 2 unspecified atom stereocenters. The number of carboxylic acids is 1. The van der Waals surface area contributed by atoms with Gasteiger partial charge in [-0.05, 0) is 24.7 Å². The Hall–Kier alpha value is -1.26. The Morgan fingerprint density at radius 2 is 2.12 bits per heavy atom. The summed E-state index contributed by atoms with van der Waals surface area (Å²) in [6.07, 6.45) is 2.37. The molecule has 5 heteroatoms. The lowest BCUT2D eigenvalue weighted by atomic mass is 10.2. The predicted octanol–water partition coefficient (Wildman–Crippen LogP) is 1.54. The third-order valence-corrected chi connectivity index (χ3v) is 3.30.